The minimum Gasteiger partial charge on any atom is -0.311 e. The molecule has 3 nitrogen and oxygen atoms in total. The van der Waals surface area contributed by atoms with Crippen molar-refractivity contribution in [3.05, 3.63) is 138 Å². The Morgan fingerprint density at radius 1 is 0.721 bits per heavy atom. The molecule has 1 aromatic heterocycles. The summed E-state index contributed by atoms with van der Waals surface area (Å²) in [4.78, 5) is 2.44. The van der Waals surface area contributed by atoms with E-state index in [1.165, 1.54) is 62.0 Å². The third kappa shape index (κ3) is 5.01. The van der Waals surface area contributed by atoms with Crippen LogP contribution in [-0.4, -0.2) is 4.57 Å². The lowest BCUT2D eigenvalue weighted by atomic mass is 9.88. The Balaban J connectivity index is 1.37. The van der Waals surface area contributed by atoms with E-state index in [1.807, 2.05) is 0 Å². The average Bonchev–Trinajstić information content (AvgIpc) is 3.61. The van der Waals surface area contributed by atoms with Crippen LogP contribution < -0.4 is 9.47 Å². The second-order valence-electron chi connectivity index (χ2n) is 12.7. The van der Waals surface area contributed by atoms with Crippen molar-refractivity contribution in [2.75, 3.05) is 4.90 Å². The van der Waals surface area contributed by atoms with Crippen molar-refractivity contribution in [1.82, 2.24) is 4.57 Å². The first-order chi connectivity index (χ1) is 21.0. The fraction of sp³-hybridized carbons (Fsp3) is 0.275. The van der Waals surface area contributed by atoms with Crippen LogP contribution in [0.25, 0.3) is 28.2 Å². The lowest BCUT2D eigenvalue weighted by Gasteiger charge is -2.30. The summed E-state index contributed by atoms with van der Waals surface area (Å²) in [6.07, 6.45) is 22.9. The molecule has 2 heterocycles. The van der Waals surface area contributed by atoms with E-state index in [9.17, 15) is 0 Å². The van der Waals surface area contributed by atoms with Gasteiger partial charge >= 0.3 is 0 Å². The van der Waals surface area contributed by atoms with Gasteiger partial charge in [-0.15, -0.1) is 0 Å². The summed E-state index contributed by atoms with van der Waals surface area (Å²) in [7, 11) is 0. The van der Waals surface area contributed by atoms with Crippen molar-refractivity contribution in [2.45, 2.75) is 71.8 Å². The van der Waals surface area contributed by atoms with Crippen LogP contribution in [-0.2, 0) is 6.54 Å². The Morgan fingerprint density at radius 3 is 2.02 bits per heavy atom. The molecule has 0 saturated heterocycles. The minimum atomic E-state index is 0.377. The van der Waals surface area contributed by atoms with Crippen LogP contribution in [0.15, 0.2) is 121 Å². The second-order valence-corrected chi connectivity index (χ2v) is 12.7. The molecule has 0 N–H and O–H groups in total. The zero-order valence-corrected chi connectivity index (χ0v) is 25.9. The topological polar surface area (TPSA) is 12.1 Å². The molecule has 0 fully saturated rings. The molecule has 3 aliphatic rings. The average molecular weight is 565 g/mol. The van der Waals surface area contributed by atoms with Gasteiger partial charge in [-0.2, -0.15) is 4.57 Å². The van der Waals surface area contributed by atoms with Gasteiger partial charge in [0.05, 0.1) is 5.56 Å². The fourth-order valence-corrected chi connectivity index (χ4v) is 6.89. The number of rotatable bonds is 7. The third-order valence-electron chi connectivity index (χ3n) is 9.05. The largest absolute Gasteiger partial charge is 0.311 e. The van der Waals surface area contributed by atoms with Crippen LogP contribution in [0.1, 0.15) is 81.9 Å². The molecule has 4 aromatic rings. The van der Waals surface area contributed by atoms with E-state index in [1.54, 1.807) is 0 Å². The van der Waals surface area contributed by atoms with Gasteiger partial charge in [-0.3, -0.25) is 0 Å². The molecule has 0 spiro atoms. The van der Waals surface area contributed by atoms with Crippen LogP contribution in [0.2, 0.25) is 0 Å². The summed E-state index contributed by atoms with van der Waals surface area (Å²) in [5.41, 5.74) is 13.2. The van der Waals surface area contributed by atoms with Crippen molar-refractivity contribution >= 4 is 5.69 Å². The van der Waals surface area contributed by atoms with Gasteiger partial charge in [0, 0.05) is 33.8 Å². The Hall–Kier alpha value is -4.37. The molecule has 0 saturated carbocycles. The van der Waals surface area contributed by atoms with Crippen LogP contribution in [0.5, 0.6) is 0 Å². The predicted octanol–water partition coefficient (Wildman–Crippen LogP) is 9.98. The Labute approximate surface area is 256 Å². The number of nitrogens with zero attached hydrogens (tertiary/aromatic N) is 3. The predicted molar refractivity (Wildman–Crippen MR) is 180 cm³/mol. The van der Waals surface area contributed by atoms with Gasteiger partial charge in [0.2, 0.25) is 0 Å². The Kier molecular flexibility index (Phi) is 7.26. The van der Waals surface area contributed by atoms with Gasteiger partial charge in [-0.25, -0.2) is 4.57 Å². The van der Waals surface area contributed by atoms with Crippen LogP contribution in [0, 0.1) is 0 Å². The summed E-state index contributed by atoms with van der Waals surface area (Å²) in [5.74, 6) is 2.04. The lowest BCUT2D eigenvalue weighted by Crippen LogP contribution is -2.30. The van der Waals surface area contributed by atoms with Gasteiger partial charge < -0.3 is 4.90 Å². The maximum atomic E-state index is 2.46. The second kappa shape index (κ2) is 11.4. The molecule has 3 heteroatoms. The summed E-state index contributed by atoms with van der Waals surface area (Å²) in [5, 5.41) is 0. The first-order valence-electron chi connectivity index (χ1n) is 16.0. The summed E-state index contributed by atoms with van der Waals surface area (Å²) >= 11 is 0. The number of hydrogen-bond acceptors (Lipinski definition) is 1. The monoisotopic (exact) mass is 564 g/mol. The van der Waals surface area contributed by atoms with Crippen molar-refractivity contribution < 1.29 is 4.57 Å². The normalized spacial score (nSPS) is 15.5. The maximum absolute atomic E-state index is 2.46. The van der Waals surface area contributed by atoms with E-state index < -0.39 is 0 Å². The van der Waals surface area contributed by atoms with Gasteiger partial charge in [0.1, 0.15) is 24.6 Å². The summed E-state index contributed by atoms with van der Waals surface area (Å²) in [6.45, 7) is 10.3. The van der Waals surface area contributed by atoms with E-state index >= 15 is 0 Å². The highest BCUT2D eigenvalue weighted by atomic mass is 15.2. The molecule has 2 aliphatic carbocycles. The van der Waals surface area contributed by atoms with E-state index in [0.717, 1.165) is 32.2 Å². The number of aromatic nitrogens is 2. The standard InChI is InChI=1S/C40H42N3/c1-28(2)37-25-32(26-38(29(3)4)39(37)42-23-22-41-27-31-14-11-12-21-36(31)40(41)42)30-15-13-20-35(24-30)43(33-16-7-5-8-17-33)34-18-9-6-10-19-34/h7,9,11-26,28-29H,5-6,8,10,27H2,1-4H3/q+1. The highest BCUT2D eigenvalue weighted by molar-refractivity contribution is 5.76. The quantitative estimate of drug-likeness (QED) is 0.179. The molecule has 216 valence electrons. The molecular weight excluding hydrogens is 522 g/mol. The molecule has 43 heavy (non-hydrogen) atoms. The van der Waals surface area contributed by atoms with E-state index in [-0.39, 0.29) is 0 Å². The number of benzene rings is 3. The first kappa shape index (κ1) is 27.5. The van der Waals surface area contributed by atoms with E-state index in [0.29, 0.717) is 11.8 Å². The maximum Gasteiger partial charge on any atom is 0.294 e. The number of allylic oxidation sites excluding steroid dienone is 6. The summed E-state index contributed by atoms with van der Waals surface area (Å²) < 4.78 is 4.86. The number of fused-ring (bicyclic) bond motifs is 3. The smallest absolute Gasteiger partial charge is 0.294 e. The van der Waals surface area contributed by atoms with Gasteiger partial charge in [-0.1, -0.05) is 82.3 Å². The van der Waals surface area contributed by atoms with E-state index in [4.69, 9.17) is 0 Å². The molecule has 0 bridgehead atoms. The minimum absolute atomic E-state index is 0.377. The zero-order valence-electron chi connectivity index (χ0n) is 25.9. The molecule has 0 amide bonds. The zero-order chi connectivity index (χ0) is 29.5. The van der Waals surface area contributed by atoms with Gasteiger partial charge in [0.15, 0.2) is 0 Å². The first-order valence-corrected chi connectivity index (χ1v) is 16.0. The Bertz CT molecular complexity index is 1750. The molecule has 0 atom stereocenters. The van der Waals surface area contributed by atoms with Crippen LogP contribution >= 0.6 is 0 Å². The fourth-order valence-electron chi connectivity index (χ4n) is 6.89. The van der Waals surface area contributed by atoms with E-state index in [2.05, 4.69) is 151 Å². The number of anilines is 1. The molecule has 0 radical (unpaired) electrons. The van der Waals surface area contributed by atoms with Crippen molar-refractivity contribution in [1.29, 1.82) is 0 Å². The molecule has 1 aliphatic heterocycles. The van der Waals surface area contributed by atoms with Gasteiger partial charge in [0.25, 0.3) is 5.82 Å². The number of imidazole rings is 1. The van der Waals surface area contributed by atoms with Gasteiger partial charge in [-0.05, 0) is 91.1 Å². The lowest BCUT2D eigenvalue weighted by molar-refractivity contribution is -0.671. The number of hydrogen-bond donors (Lipinski definition) is 0. The Morgan fingerprint density at radius 2 is 1.40 bits per heavy atom. The summed E-state index contributed by atoms with van der Waals surface area (Å²) in [6, 6.07) is 22.9. The van der Waals surface area contributed by atoms with Crippen LogP contribution in [0.4, 0.5) is 5.69 Å². The van der Waals surface area contributed by atoms with Crippen LogP contribution in [0.3, 0.4) is 0 Å². The molecule has 7 rings (SSSR count). The third-order valence-corrected chi connectivity index (χ3v) is 9.05. The molecular formula is C40H42N3+. The van der Waals surface area contributed by atoms with Crippen molar-refractivity contribution in [2.24, 2.45) is 0 Å². The SMILES string of the molecule is CC(C)c1cc(-c2cccc(N(C3=CCCC=C3)C3=CCCC=C3)c2)cc(C(C)C)c1-n1cc[n+]2c1-c1ccccc1C2. The molecule has 3 aromatic carbocycles. The highest BCUT2D eigenvalue weighted by Gasteiger charge is 2.33. The van der Waals surface area contributed by atoms with Crippen molar-refractivity contribution in [3.8, 4) is 28.2 Å². The highest BCUT2D eigenvalue weighted by Crippen LogP contribution is 2.40. The van der Waals surface area contributed by atoms with Crippen molar-refractivity contribution in [3.63, 3.8) is 0 Å². The molecule has 0 unspecified atom stereocenters.